The molecule has 2 rings (SSSR count). The van der Waals surface area contributed by atoms with Crippen LogP contribution in [0.1, 0.15) is 6.92 Å². The molecule has 0 aliphatic carbocycles. The van der Waals surface area contributed by atoms with Gasteiger partial charge in [-0.2, -0.15) is 0 Å². The zero-order valence-electron chi connectivity index (χ0n) is 7.88. The first-order valence-corrected chi connectivity index (χ1v) is 4.93. The van der Waals surface area contributed by atoms with Gasteiger partial charge in [0, 0.05) is 11.6 Å². The molecule has 0 bridgehead atoms. The maximum atomic E-state index is 11.3. The molecule has 1 aromatic carbocycles. The van der Waals surface area contributed by atoms with E-state index in [1.807, 2.05) is 24.0 Å². The van der Waals surface area contributed by atoms with Crippen molar-refractivity contribution in [1.82, 2.24) is 0 Å². The van der Waals surface area contributed by atoms with Gasteiger partial charge in [0.05, 0.1) is 17.9 Å². The van der Waals surface area contributed by atoms with Gasteiger partial charge in [-0.1, -0.05) is 11.6 Å². The van der Waals surface area contributed by atoms with E-state index in [4.69, 9.17) is 11.6 Å². The summed E-state index contributed by atoms with van der Waals surface area (Å²) in [6, 6.07) is 5.48. The standard InChI is InChI=1S/C10H11ClN2O/c1-2-13-6-10(14)12-8-4-3-7(11)5-9(8)13/h3-5H,2,6H2,1H3,(H,12,14). The van der Waals surface area contributed by atoms with Crippen molar-refractivity contribution in [3.05, 3.63) is 23.2 Å². The summed E-state index contributed by atoms with van der Waals surface area (Å²) in [5.74, 6) is 0.0293. The first kappa shape index (κ1) is 9.34. The number of benzene rings is 1. The SMILES string of the molecule is CCN1CC(=O)Nc2ccc(Cl)cc21. The van der Waals surface area contributed by atoms with Crippen LogP contribution < -0.4 is 10.2 Å². The molecular weight excluding hydrogens is 200 g/mol. The number of likely N-dealkylation sites (N-methyl/N-ethyl adjacent to an activating group) is 1. The fraction of sp³-hybridized carbons (Fsp3) is 0.300. The van der Waals surface area contributed by atoms with Crippen LogP contribution in [0.3, 0.4) is 0 Å². The molecule has 0 saturated heterocycles. The number of fused-ring (bicyclic) bond motifs is 1. The van der Waals surface area contributed by atoms with Gasteiger partial charge < -0.3 is 10.2 Å². The van der Waals surface area contributed by atoms with E-state index in [-0.39, 0.29) is 5.91 Å². The van der Waals surface area contributed by atoms with Crippen LogP contribution in [0.5, 0.6) is 0 Å². The van der Waals surface area contributed by atoms with Gasteiger partial charge in [0.1, 0.15) is 0 Å². The van der Waals surface area contributed by atoms with Crippen LogP contribution >= 0.6 is 11.6 Å². The number of nitrogens with zero attached hydrogens (tertiary/aromatic N) is 1. The molecule has 4 heteroatoms. The smallest absolute Gasteiger partial charge is 0.243 e. The van der Waals surface area contributed by atoms with Crippen molar-refractivity contribution in [2.75, 3.05) is 23.3 Å². The van der Waals surface area contributed by atoms with Gasteiger partial charge in [-0.25, -0.2) is 0 Å². The third-order valence-electron chi connectivity index (χ3n) is 2.29. The fourth-order valence-electron chi connectivity index (χ4n) is 1.60. The highest BCUT2D eigenvalue weighted by atomic mass is 35.5. The average Bonchev–Trinajstić information content (AvgIpc) is 2.17. The molecular formula is C10H11ClN2O. The lowest BCUT2D eigenvalue weighted by molar-refractivity contribution is -0.115. The molecule has 0 radical (unpaired) electrons. The third-order valence-corrected chi connectivity index (χ3v) is 2.53. The Labute approximate surface area is 87.7 Å². The summed E-state index contributed by atoms with van der Waals surface area (Å²) in [5.41, 5.74) is 1.84. The molecule has 14 heavy (non-hydrogen) atoms. The number of hydrogen-bond acceptors (Lipinski definition) is 2. The monoisotopic (exact) mass is 210 g/mol. The number of hydrogen-bond donors (Lipinski definition) is 1. The van der Waals surface area contributed by atoms with E-state index >= 15 is 0 Å². The second kappa shape index (κ2) is 3.50. The Morgan fingerprint density at radius 1 is 1.57 bits per heavy atom. The van der Waals surface area contributed by atoms with Gasteiger partial charge >= 0.3 is 0 Å². The normalized spacial score (nSPS) is 15.0. The Bertz CT molecular complexity index is 378. The minimum absolute atomic E-state index is 0.0293. The van der Waals surface area contributed by atoms with Crippen molar-refractivity contribution in [1.29, 1.82) is 0 Å². The van der Waals surface area contributed by atoms with Crippen molar-refractivity contribution in [3.8, 4) is 0 Å². The van der Waals surface area contributed by atoms with E-state index in [0.29, 0.717) is 11.6 Å². The predicted molar refractivity (Wildman–Crippen MR) is 58.0 cm³/mol. The second-order valence-electron chi connectivity index (χ2n) is 3.22. The Morgan fingerprint density at radius 3 is 3.07 bits per heavy atom. The lowest BCUT2D eigenvalue weighted by atomic mass is 10.2. The van der Waals surface area contributed by atoms with Crippen molar-refractivity contribution in [2.24, 2.45) is 0 Å². The molecule has 1 aliphatic rings. The zero-order chi connectivity index (χ0) is 10.1. The van der Waals surface area contributed by atoms with E-state index in [9.17, 15) is 4.79 Å². The topological polar surface area (TPSA) is 32.3 Å². The number of carbonyl (C=O) groups is 1. The van der Waals surface area contributed by atoms with Crippen LogP contribution in [0, 0.1) is 0 Å². The first-order chi connectivity index (χ1) is 6.70. The maximum Gasteiger partial charge on any atom is 0.243 e. The first-order valence-electron chi connectivity index (χ1n) is 4.55. The summed E-state index contributed by atoms with van der Waals surface area (Å²) in [5, 5.41) is 3.51. The van der Waals surface area contributed by atoms with Gasteiger partial charge in [-0.3, -0.25) is 4.79 Å². The number of amides is 1. The summed E-state index contributed by atoms with van der Waals surface area (Å²) < 4.78 is 0. The number of carbonyl (C=O) groups excluding carboxylic acids is 1. The van der Waals surface area contributed by atoms with Crippen LogP contribution in [0.15, 0.2) is 18.2 Å². The van der Waals surface area contributed by atoms with Crippen LogP contribution in [-0.4, -0.2) is 19.0 Å². The lowest BCUT2D eigenvalue weighted by Crippen LogP contribution is -2.37. The van der Waals surface area contributed by atoms with Crippen LogP contribution in [0.25, 0.3) is 0 Å². The van der Waals surface area contributed by atoms with Gasteiger partial charge in [0.25, 0.3) is 0 Å². The molecule has 1 aliphatic heterocycles. The molecule has 1 amide bonds. The minimum Gasteiger partial charge on any atom is -0.361 e. The Morgan fingerprint density at radius 2 is 2.36 bits per heavy atom. The Hall–Kier alpha value is -1.22. The highest BCUT2D eigenvalue weighted by Gasteiger charge is 2.20. The molecule has 0 atom stereocenters. The zero-order valence-corrected chi connectivity index (χ0v) is 8.64. The summed E-state index contributed by atoms with van der Waals surface area (Å²) in [6.45, 7) is 3.23. The molecule has 0 fully saturated rings. The van der Waals surface area contributed by atoms with E-state index in [1.54, 1.807) is 6.07 Å². The summed E-state index contributed by atoms with van der Waals surface area (Å²) in [7, 11) is 0. The van der Waals surface area contributed by atoms with Crippen molar-refractivity contribution in [2.45, 2.75) is 6.92 Å². The van der Waals surface area contributed by atoms with E-state index < -0.39 is 0 Å². The molecule has 1 aromatic rings. The molecule has 3 nitrogen and oxygen atoms in total. The van der Waals surface area contributed by atoms with Gasteiger partial charge in [0.15, 0.2) is 0 Å². The van der Waals surface area contributed by atoms with Crippen LogP contribution in [0.2, 0.25) is 5.02 Å². The third kappa shape index (κ3) is 1.55. The highest BCUT2D eigenvalue weighted by molar-refractivity contribution is 6.31. The van der Waals surface area contributed by atoms with E-state index in [2.05, 4.69) is 5.32 Å². The van der Waals surface area contributed by atoms with Crippen molar-refractivity contribution in [3.63, 3.8) is 0 Å². The van der Waals surface area contributed by atoms with Gasteiger partial charge in [-0.05, 0) is 25.1 Å². The van der Waals surface area contributed by atoms with Crippen LogP contribution in [-0.2, 0) is 4.79 Å². The molecule has 1 heterocycles. The quantitative estimate of drug-likeness (QED) is 0.770. The fourth-order valence-corrected chi connectivity index (χ4v) is 1.77. The number of rotatable bonds is 1. The summed E-state index contributed by atoms with van der Waals surface area (Å²) in [6.07, 6.45) is 0. The number of anilines is 2. The molecule has 1 N–H and O–H groups in total. The molecule has 0 aromatic heterocycles. The Balaban J connectivity index is 2.46. The highest BCUT2D eigenvalue weighted by Crippen LogP contribution is 2.31. The second-order valence-corrected chi connectivity index (χ2v) is 3.66. The van der Waals surface area contributed by atoms with Gasteiger partial charge in [-0.15, -0.1) is 0 Å². The molecule has 0 saturated carbocycles. The average molecular weight is 211 g/mol. The number of halogens is 1. The van der Waals surface area contributed by atoms with Crippen LogP contribution in [0.4, 0.5) is 11.4 Å². The van der Waals surface area contributed by atoms with E-state index in [0.717, 1.165) is 17.9 Å². The predicted octanol–water partition coefficient (Wildman–Crippen LogP) is 2.12. The Kier molecular flexibility index (Phi) is 2.33. The molecule has 0 unspecified atom stereocenters. The molecule has 0 spiro atoms. The van der Waals surface area contributed by atoms with Crippen molar-refractivity contribution >= 4 is 28.9 Å². The number of nitrogens with one attached hydrogen (secondary N) is 1. The maximum absolute atomic E-state index is 11.3. The summed E-state index contributed by atoms with van der Waals surface area (Å²) >= 11 is 5.90. The van der Waals surface area contributed by atoms with Crippen molar-refractivity contribution < 1.29 is 4.79 Å². The summed E-state index contributed by atoms with van der Waals surface area (Å²) in [4.78, 5) is 13.3. The largest absolute Gasteiger partial charge is 0.361 e. The minimum atomic E-state index is 0.0293. The molecule has 74 valence electrons. The van der Waals surface area contributed by atoms with E-state index in [1.165, 1.54) is 0 Å². The lowest BCUT2D eigenvalue weighted by Gasteiger charge is -2.29. The van der Waals surface area contributed by atoms with Gasteiger partial charge in [0.2, 0.25) is 5.91 Å².